The van der Waals surface area contributed by atoms with Crippen molar-refractivity contribution in [2.45, 2.75) is 12.8 Å². The third kappa shape index (κ3) is 3.26. The predicted octanol–water partition coefficient (Wildman–Crippen LogP) is -0.650. The largest absolute Gasteiger partial charge is 0.481 e. The minimum Gasteiger partial charge on any atom is -0.481 e. The molecule has 0 saturated heterocycles. The third-order valence-electron chi connectivity index (χ3n) is 2.03. The zero-order chi connectivity index (χ0) is 12.1. The van der Waals surface area contributed by atoms with E-state index in [9.17, 15) is 14.4 Å². The summed E-state index contributed by atoms with van der Waals surface area (Å²) >= 11 is 0. The highest BCUT2D eigenvalue weighted by molar-refractivity contribution is 5.66. The van der Waals surface area contributed by atoms with Crippen molar-refractivity contribution >= 4 is 11.8 Å². The van der Waals surface area contributed by atoms with Crippen molar-refractivity contribution in [3.05, 3.63) is 26.9 Å². The molecule has 7 nitrogen and oxygen atoms in total. The molecule has 0 saturated carbocycles. The lowest BCUT2D eigenvalue weighted by Gasteiger charge is -2.05. The Bertz CT molecular complexity index is 457. The van der Waals surface area contributed by atoms with Crippen molar-refractivity contribution in [1.82, 2.24) is 9.55 Å². The summed E-state index contributed by atoms with van der Waals surface area (Å²) in [5, 5.41) is 11.2. The van der Waals surface area contributed by atoms with Gasteiger partial charge in [0.05, 0.1) is 0 Å². The lowest BCUT2D eigenvalue weighted by molar-refractivity contribution is -0.137. The number of H-pyrrole nitrogens is 1. The van der Waals surface area contributed by atoms with Crippen LogP contribution in [-0.4, -0.2) is 27.2 Å². The number of hydrogen-bond acceptors (Lipinski definition) is 4. The van der Waals surface area contributed by atoms with E-state index in [2.05, 4.69) is 10.3 Å². The highest BCUT2D eigenvalue weighted by Crippen LogP contribution is 1.95. The van der Waals surface area contributed by atoms with E-state index in [0.29, 0.717) is 18.8 Å². The predicted molar refractivity (Wildman–Crippen MR) is 57.7 cm³/mol. The Morgan fingerprint density at radius 2 is 2.25 bits per heavy atom. The van der Waals surface area contributed by atoms with Crippen molar-refractivity contribution in [3.63, 3.8) is 0 Å². The van der Waals surface area contributed by atoms with Gasteiger partial charge in [0, 0.05) is 26.1 Å². The second-order valence-electron chi connectivity index (χ2n) is 3.31. The lowest BCUT2D eigenvalue weighted by atomic mass is 10.3. The number of aliphatic carboxylic acids is 1. The topological polar surface area (TPSA) is 104 Å². The van der Waals surface area contributed by atoms with Crippen LogP contribution < -0.4 is 16.6 Å². The molecule has 0 aromatic carbocycles. The average Bonchev–Trinajstić information content (AvgIpc) is 2.20. The number of aromatic nitrogens is 2. The average molecular weight is 227 g/mol. The zero-order valence-corrected chi connectivity index (χ0v) is 8.82. The Morgan fingerprint density at radius 1 is 1.56 bits per heavy atom. The van der Waals surface area contributed by atoms with Crippen molar-refractivity contribution in [3.8, 4) is 0 Å². The Kier molecular flexibility index (Phi) is 3.87. The van der Waals surface area contributed by atoms with E-state index in [1.165, 1.54) is 13.1 Å². The van der Waals surface area contributed by atoms with E-state index in [4.69, 9.17) is 5.11 Å². The number of carboxylic acid groups (broad SMARTS) is 1. The Balaban J connectivity index is 2.59. The highest BCUT2D eigenvalue weighted by atomic mass is 16.4. The first kappa shape index (κ1) is 12.0. The van der Waals surface area contributed by atoms with Crippen molar-refractivity contribution in [2.24, 2.45) is 7.05 Å². The number of nitrogens with zero attached hydrogens (tertiary/aromatic N) is 1. The molecule has 0 amide bonds. The standard InChI is InChI=1S/C9H13N3O4/c1-12-7(13)5-6(11-9(12)16)10-4-2-3-8(14)15/h5,10H,2-4H2,1H3,(H,11,16)(H,14,15). The van der Waals surface area contributed by atoms with E-state index in [-0.39, 0.29) is 6.42 Å². The van der Waals surface area contributed by atoms with Crippen LogP contribution in [0.15, 0.2) is 15.7 Å². The SMILES string of the molecule is Cn1c(=O)cc(NCCCC(=O)O)[nH]c1=O. The minimum absolute atomic E-state index is 0.0437. The van der Waals surface area contributed by atoms with Crippen LogP contribution >= 0.6 is 0 Å². The molecule has 1 aromatic heterocycles. The van der Waals surface area contributed by atoms with E-state index in [0.717, 1.165) is 4.57 Å². The van der Waals surface area contributed by atoms with Gasteiger partial charge >= 0.3 is 11.7 Å². The molecule has 1 rings (SSSR count). The molecule has 0 unspecified atom stereocenters. The summed E-state index contributed by atoms with van der Waals surface area (Å²) in [6.07, 6.45) is 0.467. The van der Waals surface area contributed by atoms with Gasteiger partial charge in [0.15, 0.2) is 0 Å². The zero-order valence-electron chi connectivity index (χ0n) is 8.82. The molecule has 0 spiro atoms. The Labute approximate surface area is 90.7 Å². The fourth-order valence-corrected chi connectivity index (χ4v) is 1.11. The van der Waals surface area contributed by atoms with Crippen LogP contribution in [0.5, 0.6) is 0 Å². The molecular formula is C9H13N3O4. The van der Waals surface area contributed by atoms with Gasteiger partial charge in [0.25, 0.3) is 5.56 Å². The number of carbonyl (C=O) groups is 1. The first-order valence-corrected chi connectivity index (χ1v) is 4.76. The van der Waals surface area contributed by atoms with Gasteiger partial charge in [-0.2, -0.15) is 0 Å². The number of carboxylic acids is 1. The molecule has 3 N–H and O–H groups in total. The van der Waals surface area contributed by atoms with Crippen molar-refractivity contribution < 1.29 is 9.90 Å². The van der Waals surface area contributed by atoms with Gasteiger partial charge in [-0.15, -0.1) is 0 Å². The van der Waals surface area contributed by atoms with E-state index >= 15 is 0 Å². The summed E-state index contributed by atoms with van der Waals surface area (Å²) in [7, 11) is 1.37. The molecule has 0 aliphatic carbocycles. The van der Waals surface area contributed by atoms with Crippen molar-refractivity contribution in [2.75, 3.05) is 11.9 Å². The molecule has 16 heavy (non-hydrogen) atoms. The third-order valence-corrected chi connectivity index (χ3v) is 2.03. The van der Waals surface area contributed by atoms with Gasteiger partial charge < -0.3 is 10.4 Å². The molecule has 0 atom stereocenters. The van der Waals surface area contributed by atoms with Crippen LogP contribution in [0.3, 0.4) is 0 Å². The fraction of sp³-hybridized carbons (Fsp3) is 0.444. The maximum absolute atomic E-state index is 11.2. The number of rotatable bonds is 5. The normalized spacial score (nSPS) is 10.1. The fourth-order valence-electron chi connectivity index (χ4n) is 1.11. The second kappa shape index (κ2) is 5.15. The summed E-state index contributed by atoms with van der Waals surface area (Å²) in [5.41, 5.74) is -0.919. The van der Waals surface area contributed by atoms with E-state index < -0.39 is 17.2 Å². The molecule has 7 heteroatoms. The maximum atomic E-state index is 11.2. The van der Waals surface area contributed by atoms with Gasteiger partial charge in [-0.25, -0.2) is 4.79 Å². The van der Waals surface area contributed by atoms with Crippen LogP contribution in [-0.2, 0) is 11.8 Å². The molecule has 88 valence electrons. The smallest absolute Gasteiger partial charge is 0.329 e. The van der Waals surface area contributed by atoms with Crippen molar-refractivity contribution in [1.29, 1.82) is 0 Å². The van der Waals surface area contributed by atoms with Gasteiger partial charge in [-0.1, -0.05) is 0 Å². The number of nitrogens with one attached hydrogen (secondary N) is 2. The first-order valence-electron chi connectivity index (χ1n) is 4.76. The van der Waals surface area contributed by atoms with Crippen LogP contribution in [0.2, 0.25) is 0 Å². The molecule has 0 aliphatic heterocycles. The summed E-state index contributed by atoms with van der Waals surface area (Å²) in [6.45, 7) is 0.384. The molecule has 1 heterocycles. The summed E-state index contributed by atoms with van der Waals surface area (Å²) in [4.78, 5) is 35.1. The molecule has 1 aromatic rings. The van der Waals surface area contributed by atoms with E-state index in [1.54, 1.807) is 0 Å². The Hall–Kier alpha value is -2.05. The van der Waals surface area contributed by atoms with Gasteiger partial charge in [-0.05, 0) is 6.42 Å². The molecule has 0 fully saturated rings. The van der Waals surface area contributed by atoms with Crippen LogP contribution in [0, 0.1) is 0 Å². The first-order chi connectivity index (χ1) is 7.50. The number of hydrogen-bond donors (Lipinski definition) is 3. The molecule has 0 aliphatic rings. The molecule has 0 radical (unpaired) electrons. The summed E-state index contributed by atoms with van der Waals surface area (Å²) in [6, 6.07) is 1.25. The molecular weight excluding hydrogens is 214 g/mol. The second-order valence-corrected chi connectivity index (χ2v) is 3.31. The Morgan fingerprint density at radius 3 is 2.81 bits per heavy atom. The summed E-state index contributed by atoms with van der Waals surface area (Å²) < 4.78 is 0.947. The van der Waals surface area contributed by atoms with E-state index in [1.807, 2.05) is 0 Å². The van der Waals surface area contributed by atoms with Gasteiger partial charge in [-0.3, -0.25) is 19.1 Å². The quantitative estimate of drug-likeness (QED) is 0.580. The lowest BCUT2D eigenvalue weighted by Crippen LogP contribution is -2.32. The monoisotopic (exact) mass is 227 g/mol. The molecule has 0 bridgehead atoms. The minimum atomic E-state index is -0.876. The van der Waals surface area contributed by atoms with Crippen LogP contribution in [0.4, 0.5) is 5.82 Å². The van der Waals surface area contributed by atoms with Gasteiger partial charge in [0.1, 0.15) is 5.82 Å². The van der Waals surface area contributed by atoms with Gasteiger partial charge in [0.2, 0.25) is 0 Å². The van der Waals surface area contributed by atoms with Crippen LogP contribution in [0.25, 0.3) is 0 Å². The summed E-state index contributed by atoms with van der Waals surface area (Å²) in [5.74, 6) is -0.572. The highest BCUT2D eigenvalue weighted by Gasteiger charge is 2.00. The van der Waals surface area contributed by atoms with Crippen LogP contribution in [0.1, 0.15) is 12.8 Å². The maximum Gasteiger partial charge on any atom is 0.329 e. The number of anilines is 1. The number of aromatic amines is 1.